The van der Waals surface area contributed by atoms with Gasteiger partial charge in [-0.2, -0.15) is 5.10 Å². The highest BCUT2D eigenvalue weighted by molar-refractivity contribution is 5.95. The maximum Gasteiger partial charge on any atom is 0.257 e. The van der Waals surface area contributed by atoms with Crippen molar-refractivity contribution >= 4 is 23.6 Å². The highest BCUT2D eigenvalue weighted by atomic mass is 16.5. The molecule has 1 aromatic carbocycles. The molecule has 6 rings (SSSR count). The molecular formula is C35H43N7O5. The maximum atomic E-state index is 14.1. The van der Waals surface area contributed by atoms with E-state index in [9.17, 15) is 19.2 Å². The number of likely N-dealkylation sites (tertiary alicyclic amines) is 2. The maximum absolute atomic E-state index is 14.1. The molecule has 12 heteroatoms. The van der Waals surface area contributed by atoms with Crippen molar-refractivity contribution in [2.24, 2.45) is 22.7 Å². The number of amides is 4. The van der Waals surface area contributed by atoms with Crippen LogP contribution in [0.3, 0.4) is 0 Å². The van der Waals surface area contributed by atoms with E-state index in [1.807, 2.05) is 41.3 Å². The zero-order valence-corrected chi connectivity index (χ0v) is 27.4. The van der Waals surface area contributed by atoms with Crippen LogP contribution in [0.1, 0.15) is 48.7 Å². The van der Waals surface area contributed by atoms with Gasteiger partial charge in [0.05, 0.1) is 36.9 Å². The van der Waals surface area contributed by atoms with E-state index < -0.39 is 23.5 Å². The van der Waals surface area contributed by atoms with Crippen molar-refractivity contribution in [3.8, 4) is 0 Å². The van der Waals surface area contributed by atoms with Crippen molar-refractivity contribution < 1.29 is 23.9 Å². The van der Waals surface area contributed by atoms with Gasteiger partial charge in [0.25, 0.3) is 5.91 Å². The second-order valence-electron chi connectivity index (χ2n) is 13.9. The van der Waals surface area contributed by atoms with Crippen LogP contribution in [0.2, 0.25) is 0 Å². The van der Waals surface area contributed by atoms with Crippen LogP contribution in [0.5, 0.6) is 0 Å². The highest BCUT2D eigenvalue weighted by Crippen LogP contribution is 2.54. The zero-order chi connectivity index (χ0) is 33.3. The number of nitrogens with zero attached hydrogens (tertiary/aromatic N) is 5. The van der Waals surface area contributed by atoms with Gasteiger partial charge in [-0.05, 0) is 36.0 Å². The van der Waals surface area contributed by atoms with Gasteiger partial charge in [0.1, 0.15) is 6.04 Å². The van der Waals surface area contributed by atoms with Crippen LogP contribution in [0.4, 0.5) is 0 Å². The monoisotopic (exact) mass is 641 g/mol. The average Bonchev–Trinajstić information content (AvgIpc) is 3.37. The largest absolute Gasteiger partial charge is 0.371 e. The third kappa shape index (κ3) is 6.78. The lowest BCUT2D eigenvalue weighted by atomic mass is 9.70. The molecule has 0 radical (unpaired) electrons. The Morgan fingerprint density at radius 2 is 1.68 bits per heavy atom. The Kier molecular flexibility index (Phi) is 8.88. The molecule has 1 spiro atoms. The summed E-state index contributed by atoms with van der Waals surface area (Å²) in [6, 6.07) is 12.6. The number of carbonyl (C=O) groups is 4. The van der Waals surface area contributed by atoms with Crippen molar-refractivity contribution in [3.05, 3.63) is 83.9 Å². The van der Waals surface area contributed by atoms with E-state index >= 15 is 0 Å². The van der Waals surface area contributed by atoms with Crippen molar-refractivity contribution in [1.29, 1.82) is 0 Å². The molecule has 0 unspecified atom stereocenters. The summed E-state index contributed by atoms with van der Waals surface area (Å²) in [7, 11) is 1.51. The van der Waals surface area contributed by atoms with Gasteiger partial charge in [0.2, 0.25) is 17.7 Å². The SMILES string of the molecule is CNC(=O)[C@@H](NC(=O)[C@@H]1CN(C(=O)c2cnn(Cc3ccccc3)c2)CC12CN(C(=O)[C@H]1CC1(C)C)C2)[C@@H](C)OCc1cccnc1. The average molecular weight is 642 g/mol. The first-order valence-corrected chi connectivity index (χ1v) is 16.2. The van der Waals surface area contributed by atoms with E-state index in [0.717, 1.165) is 17.5 Å². The van der Waals surface area contributed by atoms with Gasteiger partial charge >= 0.3 is 0 Å². The molecule has 12 nitrogen and oxygen atoms in total. The van der Waals surface area contributed by atoms with E-state index in [1.165, 1.54) is 7.05 Å². The van der Waals surface area contributed by atoms with Crippen LogP contribution in [0.25, 0.3) is 0 Å². The fourth-order valence-electron chi connectivity index (χ4n) is 6.91. The number of ether oxygens (including phenoxy) is 1. The van der Waals surface area contributed by atoms with Gasteiger partial charge in [-0.15, -0.1) is 0 Å². The van der Waals surface area contributed by atoms with Crippen LogP contribution in [-0.4, -0.2) is 93.6 Å². The predicted octanol–water partition coefficient (Wildman–Crippen LogP) is 2.11. The number of rotatable bonds is 11. The predicted molar refractivity (Wildman–Crippen MR) is 173 cm³/mol. The minimum atomic E-state index is -0.965. The smallest absolute Gasteiger partial charge is 0.257 e. The third-order valence-corrected chi connectivity index (χ3v) is 9.99. The van der Waals surface area contributed by atoms with Crippen LogP contribution < -0.4 is 10.6 Å². The molecule has 248 valence electrons. The molecule has 4 atom stereocenters. The number of benzene rings is 1. The molecule has 2 saturated heterocycles. The normalized spacial score (nSPS) is 21.9. The molecule has 3 aliphatic rings. The minimum Gasteiger partial charge on any atom is -0.371 e. The summed E-state index contributed by atoms with van der Waals surface area (Å²) in [5.41, 5.74) is 1.71. The van der Waals surface area contributed by atoms with Crippen molar-refractivity contribution in [2.75, 3.05) is 33.2 Å². The second kappa shape index (κ2) is 12.9. The first-order chi connectivity index (χ1) is 22.5. The molecule has 2 N–H and O–H groups in total. The van der Waals surface area contributed by atoms with Crippen LogP contribution in [-0.2, 0) is 32.3 Å². The van der Waals surface area contributed by atoms with Gasteiger partial charge in [-0.25, -0.2) is 0 Å². The molecule has 0 bridgehead atoms. The molecule has 1 saturated carbocycles. The quantitative estimate of drug-likeness (QED) is 0.327. The molecule has 4 heterocycles. The Bertz CT molecular complexity index is 1620. The molecule has 47 heavy (non-hydrogen) atoms. The number of aromatic nitrogens is 3. The lowest BCUT2D eigenvalue weighted by molar-refractivity contribution is -0.152. The minimum absolute atomic E-state index is 0.0130. The van der Waals surface area contributed by atoms with Crippen LogP contribution in [0.15, 0.2) is 67.3 Å². The summed E-state index contributed by atoms with van der Waals surface area (Å²) in [5, 5.41) is 9.98. The van der Waals surface area contributed by atoms with Crippen molar-refractivity contribution in [2.45, 2.75) is 52.5 Å². The second-order valence-corrected chi connectivity index (χ2v) is 13.9. The Labute approximate surface area is 274 Å². The Hall–Kier alpha value is -4.58. The van der Waals surface area contributed by atoms with Gasteiger partial charge in [0.15, 0.2) is 0 Å². The number of nitrogens with one attached hydrogen (secondary N) is 2. The van der Waals surface area contributed by atoms with E-state index in [-0.39, 0.29) is 48.1 Å². The fraction of sp³-hybridized carbons (Fsp3) is 0.486. The Balaban J connectivity index is 1.18. The molecule has 4 amide bonds. The Morgan fingerprint density at radius 3 is 2.34 bits per heavy atom. The van der Waals surface area contributed by atoms with E-state index in [2.05, 4.69) is 34.6 Å². The number of pyridine rings is 1. The highest BCUT2D eigenvalue weighted by Gasteiger charge is 2.62. The van der Waals surface area contributed by atoms with E-state index in [4.69, 9.17) is 4.74 Å². The van der Waals surface area contributed by atoms with Gasteiger partial charge in [-0.3, -0.25) is 28.8 Å². The first kappa shape index (κ1) is 32.4. The fourth-order valence-corrected chi connectivity index (χ4v) is 6.91. The number of likely N-dealkylation sites (N-methyl/N-ethyl adjacent to an activating group) is 1. The molecule has 1 aliphatic carbocycles. The van der Waals surface area contributed by atoms with Gasteiger partial charge in [0, 0.05) is 63.2 Å². The molecule has 3 aromatic rings. The molecular weight excluding hydrogens is 598 g/mol. The summed E-state index contributed by atoms with van der Waals surface area (Å²) < 4.78 is 7.71. The lowest BCUT2D eigenvalue weighted by Crippen LogP contribution is -2.65. The van der Waals surface area contributed by atoms with E-state index in [0.29, 0.717) is 31.7 Å². The lowest BCUT2D eigenvalue weighted by Gasteiger charge is -2.50. The summed E-state index contributed by atoms with van der Waals surface area (Å²) >= 11 is 0. The standard InChI is InChI=1S/C35H43N7O5/c1-23(47-19-25-11-8-12-37-14-25)29(31(44)36-4)39-30(43)28-18-40(20-35(28)21-41(22-35)33(46)27-13-34(27,2)3)32(45)26-15-38-42(17-26)16-24-9-6-5-7-10-24/h5-12,14-15,17,23,27-29H,13,16,18-22H2,1-4H3,(H,36,44)(H,39,43)/t23-,27-,28+,29+/m1/s1. The Morgan fingerprint density at radius 1 is 0.979 bits per heavy atom. The van der Waals surface area contributed by atoms with Crippen molar-refractivity contribution in [1.82, 2.24) is 35.2 Å². The zero-order valence-electron chi connectivity index (χ0n) is 27.4. The van der Waals surface area contributed by atoms with Gasteiger partial charge < -0.3 is 25.2 Å². The van der Waals surface area contributed by atoms with Crippen LogP contribution in [0, 0.1) is 22.7 Å². The summed E-state index contributed by atoms with van der Waals surface area (Å²) in [6.07, 6.45) is 6.84. The van der Waals surface area contributed by atoms with Crippen LogP contribution >= 0.6 is 0 Å². The topological polar surface area (TPSA) is 139 Å². The number of hydrogen-bond donors (Lipinski definition) is 2. The summed E-state index contributed by atoms with van der Waals surface area (Å²) in [6.45, 7) is 7.92. The molecule has 2 aliphatic heterocycles. The summed E-state index contributed by atoms with van der Waals surface area (Å²) in [5.74, 6) is -1.49. The molecule has 3 fully saturated rings. The number of carbonyl (C=O) groups excluding carboxylic acids is 4. The van der Waals surface area contributed by atoms with E-state index in [1.54, 1.807) is 47.4 Å². The van der Waals surface area contributed by atoms with Crippen molar-refractivity contribution in [3.63, 3.8) is 0 Å². The first-order valence-electron chi connectivity index (χ1n) is 16.2. The molecule has 2 aromatic heterocycles. The van der Waals surface area contributed by atoms with Gasteiger partial charge in [-0.1, -0.05) is 50.2 Å². The summed E-state index contributed by atoms with van der Waals surface area (Å²) in [4.78, 5) is 61.7. The number of hydrogen-bond acceptors (Lipinski definition) is 7. The third-order valence-electron chi connectivity index (χ3n) is 9.99.